The van der Waals surface area contributed by atoms with Crippen molar-refractivity contribution in [1.29, 1.82) is 0 Å². The summed E-state index contributed by atoms with van der Waals surface area (Å²) in [7, 11) is 2.21. The predicted molar refractivity (Wildman–Crippen MR) is 163 cm³/mol. The van der Waals surface area contributed by atoms with Gasteiger partial charge in [0, 0.05) is 17.0 Å². The number of hydrogen-bond donors (Lipinski definition) is 1. The molecule has 0 saturated carbocycles. The number of nitrogens with zero attached hydrogens (tertiary/aromatic N) is 2. The fraction of sp³-hybridized carbons (Fsp3) is 0.129. The molecule has 5 aromatic rings. The molecule has 2 aliphatic heterocycles. The van der Waals surface area contributed by atoms with Gasteiger partial charge in [-0.2, -0.15) is 4.57 Å². The van der Waals surface area contributed by atoms with Crippen LogP contribution >= 0.6 is 23.1 Å². The second kappa shape index (κ2) is 10.9. The van der Waals surface area contributed by atoms with Gasteiger partial charge < -0.3 is 5.32 Å². The molecule has 6 heteroatoms. The van der Waals surface area contributed by atoms with Crippen LogP contribution in [-0.2, 0) is 6.54 Å². The second-order valence-electron chi connectivity index (χ2n) is 8.87. The summed E-state index contributed by atoms with van der Waals surface area (Å²) in [6.07, 6.45) is 6.49. The van der Waals surface area contributed by atoms with E-state index in [2.05, 4.69) is 132 Å². The predicted octanol–water partition coefficient (Wildman–Crippen LogP) is 6.86. The van der Waals surface area contributed by atoms with E-state index in [1.54, 1.807) is 15.4 Å². The molecule has 7 rings (SSSR count). The summed E-state index contributed by atoms with van der Waals surface area (Å²) in [4.78, 5) is 3.71. The number of benzene rings is 4. The Balaban J connectivity index is 0.000000153. The zero-order valence-electron chi connectivity index (χ0n) is 20.8. The number of nitrogens with one attached hydrogen (secondary N) is 1. The van der Waals surface area contributed by atoms with Crippen molar-refractivity contribution in [3.8, 4) is 0 Å². The topological polar surface area (TPSA) is 19.1 Å². The molecule has 4 aromatic carbocycles. The molecule has 0 atom stereocenters. The molecule has 0 saturated heterocycles. The minimum absolute atomic E-state index is 0.0592. The van der Waals surface area contributed by atoms with Gasteiger partial charge in [0.2, 0.25) is 5.52 Å². The van der Waals surface area contributed by atoms with Gasteiger partial charge in [-0.1, -0.05) is 53.4 Å². The molecule has 0 amide bonds. The molecule has 3 nitrogen and oxygen atoms in total. The Labute approximate surface area is 236 Å². The van der Waals surface area contributed by atoms with Crippen molar-refractivity contribution < 1.29 is 4.57 Å². The SMILES string of the molecule is CC[n+]1c(C=CC=C2Nc3ccccc3S2)sc2ccccc21.CN1C[Te]c2ccc3ccccc3c21. The summed E-state index contributed by atoms with van der Waals surface area (Å²) in [5.41, 5.74) is 4.00. The molecule has 1 aromatic heterocycles. The van der Waals surface area contributed by atoms with Gasteiger partial charge >= 0.3 is 93.9 Å². The monoisotopic (exact) mass is 636 g/mol. The van der Waals surface area contributed by atoms with Crippen molar-refractivity contribution in [3.63, 3.8) is 0 Å². The van der Waals surface area contributed by atoms with Crippen molar-refractivity contribution >= 4 is 86.1 Å². The average Bonchev–Trinajstić information content (AvgIpc) is 3.63. The first-order chi connectivity index (χ1) is 18.2. The van der Waals surface area contributed by atoms with Gasteiger partial charge in [0.15, 0.2) is 0 Å². The number of aromatic nitrogens is 1. The summed E-state index contributed by atoms with van der Waals surface area (Å²) in [6.45, 7) is 3.18. The quantitative estimate of drug-likeness (QED) is 0.173. The third kappa shape index (κ3) is 5.04. The number of hydrogen-bond acceptors (Lipinski definition) is 4. The second-order valence-corrected chi connectivity index (χ2v) is 13.8. The summed E-state index contributed by atoms with van der Waals surface area (Å²) in [5, 5.41) is 8.70. The first-order valence-electron chi connectivity index (χ1n) is 12.4. The van der Waals surface area contributed by atoms with Crippen LogP contribution in [0.3, 0.4) is 0 Å². The summed E-state index contributed by atoms with van der Waals surface area (Å²) in [6, 6.07) is 30.3. The molecular weight excluding hydrogens is 606 g/mol. The van der Waals surface area contributed by atoms with Gasteiger partial charge in [-0.25, -0.2) is 0 Å². The van der Waals surface area contributed by atoms with Crippen LogP contribution < -0.4 is 18.4 Å². The minimum atomic E-state index is 0.0592. The van der Waals surface area contributed by atoms with Gasteiger partial charge in [-0.05, 0) is 31.2 Å². The van der Waals surface area contributed by atoms with Crippen molar-refractivity contribution in [2.75, 3.05) is 21.9 Å². The Morgan fingerprint density at radius 2 is 1.78 bits per heavy atom. The van der Waals surface area contributed by atoms with E-state index in [-0.39, 0.29) is 20.9 Å². The van der Waals surface area contributed by atoms with Gasteiger partial charge in [0.25, 0.3) is 5.01 Å². The molecule has 0 spiro atoms. The van der Waals surface area contributed by atoms with Crippen LogP contribution in [0.1, 0.15) is 11.9 Å². The van der Waals surface area contributed by atoms with E-state index < -0.39 is 0 Å². The van der Waals surface area contributed by atoms with Crippen LogP contribution in [0.4, 0.5) is 11.4 Å². The number of para-hydroxylation sites is 2. The van der Waals surface area contributed by atoms with E-state index in [0.717, 1.165) is 6.54 Å². The van der Waals surface area contributed by atoms with Crippen molar-refractivity contribution in [3.05, 3.63) is 107 Å². The van der Waals surface area contributed by atoms with E-state index in [9.17, 15) is 0 Å². The van der Waals surface area contributed by atoms with Gasteiger partial charge in [-0.15, -0.1) is 0 Å². The Morgan fingerprint density at radius 3 is 2.68 bits per heavy atom. The summed E-state index contributed by atoms with van der Waals surface area (Å²) >= 11 is 3.68. The van der Waals surface area contributed by atoms with Gasteiger partial charge in [0.1, 0.15) is 11.2 Å². The molecular formula is C31H28N3S2Te+. The molecule has 0 unspecified atom stereocenters. The van der Waals surface area contributed by atoms with Crippen LogP contribution in [-0.4, -0.2) is 32.6 Å². The molecule has 3 heterocycles. The number of anilines is 2. The fourth-order valence-electron chi connectivity index (χ4n) is 4.71. The van der Waals surface area contributed by atoms with E-state index in [0.29, 0.717) is 0 Å². The van der Waals surface area contributed by atoms with Crippen LogP contribution in [0.25, 0.3) is 27.1 Å². The maximum atomic E-state index is 3.45. The molecule has 37 heavy (non-hydrogen) atoms. The van der Waals surface area contributed by atoms with E-state index in [4.69, 9.17) is 0 Å². The first kappa shape index (κ1) is 24.6. The number of thioether (sulfide) groups is 1. The zero-order chi connectivity index (χ0) is 25.2. The third-order valence-corrected chi connectivity index (χ3v) is 11.9. The molecule has 0 bridgehead atoms. The maximum absolute atomic E-state index is 3.45. The number of thiazole rings is 1. The normalized spacial score (nSPS) is 15.2. The Morgan fingerprint density at radius 1 is 0.973 bits per heavy atom. The Hall–Kier alpha value is -2.75. The van der Waals surface area contributed by atoms with E-state index in [1.165, 1.54) is 51.9 Å². The van der Waals surface area contributed by atoms with Crippen LogP contribution in [0.5, 0.6) is 0 Å². The Kier molecular flexibility index (Phi) is 7.26. The number of fused-ring (bicyclic) bond motifs is 5. The van der Waals surface area contributed by atoms with Crippen molar-refractivity contribution in [1.82, 2.24) is 0 Å². The van der Waals surface area contributed by atoms with Crippen LogP contribution in [0.15, 0.2) is 107 Å². The van der Waals surface area contributed by atoms with Gasteiger partial charge in [0.05, 0.1) is 10.7 Å². The van der Waals surface area contributed by atoms with Crippen molar-refractivity contribution in [2.24, 2.45) is 0 Å². The molecule has 0 radical (unpaired) electrons. The molecule has 0 fully saturated rings. The van der Waals surface area contributed by atoms with Crippen LogP contribution in [0, 0.1) is 0 Å². The van der Waals surface area contributed by atoms with E-state index in [1.807, 2.05) is 11.3 Å². The fourth-order valence-corrected chi connectivity index (χ4v) is 9.70. The van der Waals surface area contributed by atoms with E-state index >= 15 is 0 Å². The van der Waals surface area contributed by atoms with Crippen molar-refractivity contribution in [2.45, 2.75) is 18.4 Å². The standard InChI is InChI=1S/C19H16N2S2.C12H11NTe/c1-2-21-15-9-4-6-11-17(15)23-19(21)13-7-12-18-20-14-8-3-5-10-16(14)22-18;1-13-8-14-11-7-6-9-4-2-3-5-10(9)12(11)13/h3-13H,2H2,1H3;2-7H,8H2,1H3/p+1. The molecule has 184 valence electrons. The zero-order valence-corrected chi connectivity index (χ0v) is 24.8. The molecule has 2 aliphatic rings. The molecule has 1 N–H and O–H groups in total. The number of allylic oxidation sites excluding steroid dienone is 2. The number of rotatable bonds is 3. The average molecular weight is 634 g/mol. The number of aryl methyl sites for hydroxylation is 1. The molecule has 0 aliphatic carbocycles. The van der Waals surface area contributed by atoms with Crippen LogP contribution in [0.2, 0.25) is 0 Å². The summed E-state index contributed by atoms with van der Waals surface area (Å²) < 4.78 is 6.60. The Bertz CT molecular complexity index is 1630. The van der Waals surface area contributed by atoms with Gasteiger partial charge in [-0.3, -0.25) is 0 Å². The first-order valence-corrected chi connectivity index (χ1v) is 16.8. The third-order valence-electron chi connectivity index (χ3n) is 6.46. The summed E-state index contributed by atoms with van der Waals surface area (Å²) in [5.74, 6) is 0.